The minimum absolute atomic E-state index is 0.0809. The van der Waals surface area contributed by atoms with Crippen molar-refractivity contribution >= 4 is 18.0 Å². The van der Waals surface area contributed by atoms with Gasteiger partial charge in [0.15, 0.2) is 0 Å². The fourth-order valence-electron chi connectivity index (χ4n) is 4.44. The summed E-state index contributed by atoms with van der Waals surface area (Å²) in [5, 5.41) is 16.4. The Bertz CT molecular complexity index is 1290. The molecule has 0 spiro atoms. The summed E-state index contributed by atoms with van der Waals surface area (Å²) in [5.74, 6) is 0.961. The van der Waals surface area contributed by atoms with E-state index in [0.29, 0.717) is 39.3 Å². The summed E-state index contributed by atoms with van der Waals surface area (Å²) < 4.78 is 42.8. The van der Waals surface area contributed by atoms with E-state index in [4.69, 9.17) is 22.6 Å². The number of hydrogen-bond donors (Lipinski definition) is 3. The maximum atomic E-state index is 12.9. The Kier molecular flexibility index (Phi) is 6.84. The van der Waals surface area contributed by atoms with Crippen LogP contribution in [0.5, 0.6) is 0 Å². The molecule has 1 fully saturated rings. The van der Waals surface area contributed by atoms with Crippen LogP contribution in [0, 0.1) is 16.0 Å². The van der Waals surface area contributed by atoms with Gasteiger partial charge >= 0.3 is 6.18 Å². The number of hydrogen-bond acceptors (Lipinski definition) is 6. The van der Waals surface area contributed by atoms with Crippen molar-refractivity contribution in [2.24, 2.45) is 18.0 Å². The molecule has 3 N–H and O–H groups in total. The van der Waals surface area contributed by atoms with Gasteiger partial charge in [-0.1, -0.05) is 45.0 Å². The zero-order valence-corrected chi connectivity index (χ0v) is 20.4. The Labute approximate surface area is 201 Å². The zero-order valence-electron chi connectivity index (χ0n) is 19.5. The van der Waals surface area contributed by atoms with Gasteiger partial charge in [0.05, 0.1) is 17.8 Å². The number of nitrogens with one attached hydrogen (secondary N) is 3. The van der Waals surface area contributed by atoms with Crippen molar-refractivity contribution in [1.29, 1.82) is 5.41 Å². The molecule has 0 bridgehead atoms. The summed E-state index contributed by atoms with van der Waals surface area (Å²) in [6.45, 7) is 5.08. The Balaban J connectivity index is 1.75. The van der Waals surface area contributed by atoms with Crippen LogP contribution >= 0.6 is 12.2 Å². The predicted molar refractivity (Wildman–Crippen MR) is 124 cm³/mol. The highest BCUT2D eigenvalue weighted by Crippen LogP contribution is 2.27. The Morgan fingerprint density at radius 3 is 2.56 bits per heavy atom. The molecule has 0 aromatic carbocycles. The van der Waals surface area contributed by atoms with Gasteiger partial charge in [-0.05, 0) is 30.4 Å². The maximum Gasteiger partial charge on any atom is 0.433 e. The molecule has 1 atom stereocenters. The molecule has 7 nitrogen and oxygen atoms in total. The highest BCUT2D eigenvalue weighted by atomic mass is 32.1. The summed E-state index contributed by atoms with van der Waals surface area (Å²) >= 11 is 5.76. The van der Waals surface area contributed by atoms with Crippen LogP contribution < -0.4 is 27.0 Å². The smallest absolute Gasteiger partial charge is 0.368 e. The van der Waals surface area contributed by atoms with Crippen molar-refractivity contribution in [3.63, 3.8) is 0 Å². The predicted octanol–water partition coefficient (Wildman–Crippen LogP) is 2.49. The van der Waals surface area contributed by atoms with E-state index in [0.717, 1.165) is 31.7 Å². The lowest BCUT2D eigenvalue weighted by atomic mass is 10.1. The molecule has 1 aliphatic heterocycles. The van der Waals surface area contributed by atoms with Gasteiger partial charge in [-0.25, -0.2) is 4.99 Å². The number of nitrogens with zero attached hydrogens (tertiary/aromatic N) is 4. The van der Waals surface area contributed by atoms with Crippen LogP contribution in [0.15, 0.2) is 23.3 Å². The van der Waals surface area contributed by atoms with Crippen molar-refractivity contribution in [2.75, 3.05) is 0 Å². The van der Waals surface area contributed by atoms with Crippen LogP contribution in [-0.2, 0) is 26.3 Å². The third kappa shape index (κ3) is 4.89. The molecule has 4 rings (SSSR count). The van der Waals surface area contributed by atoms with E-state index in [9.17, 15) is 13.2 Å². The van der Waals surface area contributed by atoms with Crippen LogP contribution in [0.4, 0.5) is 13.2 Å². The minimum Gasteiger partial charge on any atom is -0.368 e. The lowest BCUT2D eigenvalue weighted by Crippen LogP contribution is -2.51. The second-order valence-electron chi connectivity index (χ2n) is 9.34. The molecule has 2 aromatic rings. The molecule has 11 heteroatoms. The maximum absolute atomic E-state index is 12.9. The average molecular weight is 494 g/mol. The Hall–Kier alpha value is -2.69. The minimum atomic E-state index is -4.47. The molecule has 1 saturated carbocycles. The topological polar surface area (TPSA) is 83.0 Å². The quantitative estimate of drug-likeness (QED) is 0.540. The number of fused-ring (bicyclic) bond motifs is 1. The van der Waals surface area contributed by atoms with Crippen LogP contribution in [0.3, 0.4) is 0 Å². The molecular weight excluding hydrogens is 463 g/mol. The Morgan fingerprint density at radius 2 is 1.97 bits per heavy atom. The molecule has 0 radical (unpaired) electrons. The first-order chi connectivity index (χ1) is 16.1. The monoisotopic (exact) mass is 493 g/mol. The molecule has 184 valence electrons. The molecular formula is C23H30F3N7S. The molecule has 1 aliphatic carbocycles. The highest BCUT2D eigenvalue weighted by Gasteiger charge is 2.32. The average Bonchev–Trinajstić information content (AvgIpc) is 3.46. The van der Waals surface area contributed by atoms with Gasteiger partial charge in [0.1, 0.15) is 21.6 Å². The van der Waals surface area contributed by atoms with Gasteiger partial charge in [-0.2, -0.15) is 13.2 Å². The number of rotatable bonds is 6. The molecule has 0 saturated heterocycles. The van der Waals surface area contributed by atoms with E-state index in [1.807, 2.05) is 16.2 Å². The second kappa shape index (κ2) is 9.52. The fraction of sp³-hybridized carbons (Fsp3) is 0.565. The van der Waals surface area contributed by atoms with Gasteiger partial charge in [0, 0.05) is 25.8 Å². The molecule has 0 amide bonds. The van der Waals surface area contributed by atoms with Gasteiger partial charge in [0.2, 0.25) is 5.62 Å². The molecule has 34 heavy (non-hydrogen) atoms. The zero-order chi connectivity index (χ0) is 24.6. The van der Waals surface area contributed by atoms with E-state index in [2.05, 4.69) is 29.5 Å². The third-order valence-electron chi connectivity index (χ3n) is 6.53. The standard InChI is InChI=1S/C23H30F3N7S/c1-13(2)16-12-33-19(27)18(21(34)32(3)22(33)31-16)20(30-15-6-4-5-7-15)29-11-14-8-9-17(28-10-14)23(24,25)26/h8-10,13,15-16,27,29-30H,4-7,11-12H2,1-3H3. The SMILES string of the molecule is CC(C)C1Cn2c(=N)c(=C(NCc3ccc(C(F)(F)F)nc3)NC3CCCC3)c(=S)n(C)c2=N1. The number of aromatic nitrogens is 3. The lowest BCUT2D eigenvalue weighted by Gasteiger charge is -2.20. The normalized spacial score (nSPS) is 19.2. The second-order valence-corrected chi connectivity index (χ2v) is 9.73. The van der Waals surface area contributed by atoms with Gasteiger partial charge in [-0.15, -0.1) is 0 Å². The summed E-state index contributed by atoms with van der Waals surface area (Å²) in [4.78, 5) is 8.34. The molecule has 2 aromatic heterocycles. The van der Waals surface area contributed by atoms with Crippen LogP contribution in [-0.4, -0.2) is 26.2 Å². The van der Waals surface area contributed by atoms with E-state index in [1.54, 1.807) is 0 Å². The lowest BCUT2D eigenvalue weighted by molar-refractivity contribution is -0.141. The first-order valence-electron chi connectivity index (χ1n) is 11.6. The molecule has 2 aliphatic rings. The first-order valence-corrected chi connectivity index (χ1v) is 12.0. The molecule has 1 unspecified atom stereocenters. The third-order valence-corrected chi connectivity index (χ3v) is 7.00. The molecule has 3 heterocycles. The van der Waals surface area contributed by atoms with Gasteiger partial charge in [-0.3, -0.25) is 15.0 Å². The van der Waals surface area contributed by atoms with Gasteiger partial charge < -0.3 is 15.2 Å². The fourth-order valence-corrected chi connectivity index (χ4v) is 4.72. The van der Waals surface area contributed by atoms with E-state index >= 15 is 0 Å². The summed E-state index contributed by atoms with van der Waals surface area (Å²) in [6, 6.07) is 2.72. The van der Waals surface area contributed by atoms with Crippen LogP contribution in [0.1, 0.15) is 50.8 Å². The van der Waals surface area contributed by atoms with Crippen LogP contribution in [0.2, 0.25) is 0 Å². The first kappa shape index (κ1) is 24.4. The summed E-state index contributed by atoms with van der Waals surface area (Å²) in [5.41, 5.74) is 0.647. The van der Waals surface area contributed by atoms with Crippen molar-refractivity contribution in [3.8, 4) is 0 Å². The van der Waals surface area contributed by atoms with E-state index in [1.165, 1.54) is 12.3 Å². The van der Waals surface area contributed by atoms with E-state index < -0.39 is 11.9 Å². The van der Waals surface area contributed by atoms with Crippen LogP contribution in [0.25, 0.3) is 5.82 Å². The Morgan fingerprint density at radius 1 is 1.26 bits per heavy atom. The highest BCUT2D eigenvalue weighted by molar-refractivity contribution is 7.71. The van der Waals surface area contributed by atoms with E-state index in [-0.39, 0.29) is 24.1 Å². The number of halogens is 3. The number of pyridine rings is 1. The van der Waals surface area contributed by atoms with Gasteiger partial charge in [0.25, 0.3) is 0 Å². The largest absolute Gasteiger partial charge is 0.433 e. The van der Waals surface area contributed by atoms with Crippen molar-refractivity contribution in [3.05, 3.63) is 50.6 Å². The van der Waals surface area contributed by atoms with Crippen molar-refractivity contribution in [1.82, 2.24) is 24.8 Å². The van der Waals surface area contributed by atoms with Crippen molar-refractivity contribution < 1.29 is 13.2 Å². The number of alkyl halides is 3. The summed E-state index contributed by atoms with van der Waals surface area (Å²) in [7, 11) is 1.86. The summed E-state index contributed by atoms with van der Waals surface area (Å²) in [6.07, 6.45) is 1.04. The van der Waals surface area contributed by atoms with Crippen molar-refractivity contribution in [2.45, 2.75) is 70.9 Å².